The number of carbonyl (C=O) groups excluding carboxylic acids is 1. The zero-order valence-corrected chi connectivity index (χ0v) is 14.9. The largest absolute Gasteiger partial charge is 0.392 e. The number of nitrogens with zero attached hydrogens (tertiary/aromatic N) is 1. The number of rotatable bonds is 6. The first kappa shape index (κ1) is 18.4. The lowest BCUT2D eigenvalue weighted by Crippen LogP contribution is -2.43. The van der Waals surface area contributed by atoms with Crippen molar-refractivity contribution >= 4 is 5.91 Å². The Morgan fingerprint density at radius 2 is 1.92 bits per heavy atom. The molecule has 25 heavy (non-hydrogen) atoms. The summed E-state index contributed by atoms with van der Waals surface area (Å²) in [5, 5.41) is 23.5. The maximum Gasteiger partial charge on any atom is 0.222 e. The van der Waals surface area contributed by atoms with Gasteiger partial charge in [-0.05, 0) is 24.8 Å². The summed E-state index contributed by atoms with van der Waals surface area (Å²) in [5.41, 5.74) is 0.394. The van der Waals surface area contributed by atoms with Gasteiger partial charge in [0.25, 0.3) is 0 Å². The summed E-state index contributed by atoms with van der Waals surface area (Å²) in [7, 11) is 0. The van der Waals surface area contributed by atoms with Crippen LogP contribution in [0.15, 0.2) is 30.3 Å². The van der Waals surface area contributed by atoms with Crippen molar-refractivity contribution in [3.8, 4) is 0 Å². The SMILES string of the molecule is O=C(CC1(O)CCCCC1)NCC1CC(O)CN1Cc1ccccc1. The second-order valence-electron chi connectivity index (χ2n) is 7.72. The van der Waals surface area contributed by atoms with Crippen LogP contribution < -0.4 is 5.32 Å². The second kappa shape index (κ2) is 8.30. The summed E-state index contributed by atoms with van der Waals surface area (Å²) >= 11 is 0. The first-order valence-corrected chi connectivity index (χ1v) is 9.49. The molecule has 0 spiro atoms. The number of aliphatic hydroxyl groups excluding tert-OH is 1. The Bertz CT molecular complexity index is 557. The quantitative estimate of drug-likeness (QED) is 0.735. The molecule has 5 nitrogen and oxygen atoms in total. The smallest absolute Gasteiger partial charge is 0.222 e. The van der Waals surface area contributed by atoms with E-state index < -0.39 is 5.60 Å². The van der Waals surface area contributed by atoms with E-state index in [2.05, 4.69) is 22.3 Å². The molecule has 138 valence electrons. The van der Waals surface area contributed by atoms with Crippen molar-refractivity contribution in [3.63, 3.8) is 0 Å². The molecule has 0 bridgehead atoms. The number of aliphatic hydroxyl groups is 2. The lowest BCUT2D eigenvalue weighted by atomic mass is 9.82. The summed E-state index contributed by atoms with van der Waals surface area (Å²) < 4.78 is 0. The van der Waals surface area contributed by atoms with E-state index in [0.717, 1.165) is 38.6 Å². The molecule has 1 aliphatic heterocycles. The van der Waals surface area contributed by atoms with E-state index in [1.165, 1.54) is 5.56 Å². The van der Waals surface area contributed by atoms with Gasteiger partial charge in [0.05, 0.1) is 18.1 Å². The van der Waals surface area contributed by atoms with Crippen LogP contribution in [0, 0.1) is 0 Å². The molecule has 3 N–H and O–H groups in total. The Morgan fingerprint density at radius 3 is 2.64 bits per heavy atom. The average Bonchev–Trinajstić information content (AvgIpc) is 2.93. The summed E-state index contributed by atoms with van der Waals surface area (Å²) in [4.78, 5) is 14.5. The highest BCUT2D eigenvalue weighted by Gasteiger charge is 2.33. The lowest BCUT2D eigenvalue weighted by Gasteiger charge is -2.31. The molecule has 1 aromatic carbocycles. The van der Waals surface area contributed by atoms with Crippen LogP contribution in [0.5, 0.6) is 0 Å². The minimum absolute atomic E-state index is 0.0783. The Hall–Kier alpha value is -1.43. The molecule has 5 heteroatoms. The van der Waals surface area contributed by atoms with Crippen molar-refractivity contribution < 1.29 is 15.0 Å². The van der Waals surface area contributed by atoms with E-state index in [9.17, 15) is 15.0 Å². The number of carbonyl (C=O) groups is 1. The molecule has 1 amide bonds. The first-order valence-electron chi connectivity index (χ1n) is 9.49. The molecule has 1 aromatic rings. The van der Waals surface area contributed by atoms with Gasteiger partial charge in [0.15, 0.2) is 0 Å². The second-order valence-corrected chi connectivity index (χ2v) is 7.72. The maximum absolute atomic E-state index is 12.3. The van der Waals surface area contributed by atoms with Crippen molar-refractivity contribution in [1.29, 1.82) is 0 Å². The fourth-order valence-corrected chi connectivity index (χ4v) is 4.16. The Labute approximate surface area is 150 Å². The maximum atomic E-state index is 12.3. The standard InChI is InChI=1S/C20H30N2O3/c23-18-11-17(22(15-18)14-16-7-3-1-4-8-16)13-21-19(24)12-20(25)9-5-2-6-10-20/h1,3-4,7-8,17-18,23,25H,2,5-6,9-15H2,(H,21,24). The molecule has 3 rings (SSSR count). The van der Waals surface area contributed by atoms with Crippen molar-refractivity contribution in [1.82, 2.24) is 10.2 Å². The van der Waals surface area contributed by atoms with E-state index in [-0.39, 0.29) is 24.5 Å². The van der Waals surface area contributed by atoms with Crippen molar-refractivity contribution in [2.75, 3.05) is 13.1 Å². The summed E-state index contributed by atoms with van der Waals surface area (Å²) in [6, 6.07) is 10.3. The van der Waals surface area contributed by atoms with Crippen LogP contribution >= 0.6 is 0 Å². The van der Waals surface area contributed by atoms with Crippen LogP contribution in [-0.4, -0.2) is 51.9 Å². The number of hydrogen-bond acceptors (Lipinski definition) is 4. The van der Waals surface area contributed by atoms with E-state index >= 15 is 0 Å². The topological polar surface area (TPSA) is 72.8 Å². The Balaban J connectivity index is 1.49. The Kier molecular flexibility index (Phi) is 6.10. The molecule has 2 atom stereocenters. The van der Waals surface area contributed by atoms with Crippen LogP contribution in [0.1, 0.15) is 50.5 Å². The minimum Gasteiger partial charge on any atom is -0.392 e. The number of likely N-dealkylation sites (tertiary alicyclic amines) is 1. The third-order valence-electron chi connectivity index (χ3n) is 5.54. The molecule has 1 heterocycles. The van der Waals surface area contributed by atoms with Crippen LogP contribution in [0.2, 0.25) is 0 Å². The molecular weight excluding hydrogens is 316 g/mol. The van der Waals surface area contributed by atoms with Crippen molar-refractivity contribution in [2.24, 2.45) is 0 Å². The van der Waals surface area contributed by atoms with E-state index in [1.807, 2.05) is 18.2 Å². The molecule has 2 aliphatic rings. The highest BCUT2D eigenvalue weighted by atomic mass is 16.3. The lowest BCUT2D eigenvalue weighted by molar-refractivity contribution is -0.127. The van der Waals surface area contributed by atoms with Gasteiger partial charge in [-0.25, -0.2) is 0 Å². The molecular formula is C20H30N2O3. The summed E-state index contributed by atoms with van der Waals surface area (Å²) in [5.74, 6) is -0.0783. The molecule has 1 aliphatic carbocycles. The third-order valence-corrected chi connectivity index (χ3v) is 5.54. The van der Waals surface area contributed by atoms with Gasteiger partial charge in [-0.3, -0.25) is 9.69 Å². The van der Waals surface area contributed by atoms with Gasteiger partial charge in [-0.1, -0.05) is 49.6 Å². The van der Waals surface area contributed by atoms with Gasteiger partial charge >= 0.3 is 0 Å². The van der Waals surface area contributed by atoms with Gasteiger partial charge in [0.1, 0.15) is 0 Å². The average molecular weight is 346 g/mol. The zero-order valence-electron chi connectivity index (χ0n) is 14.9. The highest BCUT2D eigenvalue weighted by Crippen LogP contribution is 2.30. The number of nitrogens with one attached hydrogen (secondary N) is 1. The van der Waals surface area contributed by atoms with Crippen molar-refractivity contribution in [3.05, 3.63) is 35.9 Å². The number of amides is 1. The molecule has 2 fully saturated rings. The van der Waals surface area contributed by atoms with E-state index in [1.54, 1.807) is 0 Å². The highest BCUT2D eigenvalue weighted by molar-refractivity contribution is 5.77. The predicted octanol–water partition coefficient (Wildman–Crippen LogP) is 1.82. The van der Waals surface area contributed by atoms with Crippen LogP contribution in [0.4, 0.5) is 0 Å². The van der Waals surface area contributed by atoms with E-state index in [0.29, 0.717) is 19.5 Å². The number of benzene rings is 1. The first-order chi connectivity index (χ1) is 12.0. The molecule has 1 saturated carbocycles. The minimum atomic E-state index is -0.818. The van der Waals surface area contributed by atoms with Gasteiger partial charge in [0.2, 0.25) is 5.91 Å². The molecule has 0 aromatic heterocycles. The van der Waals surface area contributed by atoms with Gasteiger partial charge in [-0.2, -0.15) is 0 Å². The fraction of sp³-hybridized carbons (Fsp3) is 0.650. The number of β-amino-alcohol motifs (C(OH)–C–C–N with tert-alkyl or cyclic N) is 1. The summed E-state index contributed by atoms with van der Waals surface area (Å²) in [6.07, 6.45) is 5.14. The van der Waals surface area contributed by atoms with Gasteiger partial charge < -0.3 is 15.5 Å². The predicted molar refractivity (Wildman–Crippen MR) is 96.9 cm³/mol. The Morgan fingerprint density at radius 1 is 1.20 bits per heavy atom. The normalized spacial score (nSPS) is 26.5. The van der Waals surface area contributed by atoms with Crippen LogP contribution in [-0.2, 0) is 11.3 Å². The van der Waals surface area contributed by atoms with E-state index in [4.69, 9.17) is 0 Å². The number of hydrogen-bond donors (Lipinski definition) is 3. The molecule has 0 radical (unpaired) electrons. The van der Waals surface area contributed by atoms with Gasteiger partial charge in [0, 0.05) is 25.7 Å². The molecule has 1 saturated heterocycles. The monoisotopic (exact) mass is 346 g/mol. The summed E-state index contributed by atoms with van der Waals surface area (Å²) in [6.45, 7) is 1.94. The van der Waals surface area contributed by atoms with Crippen molar-refractivity contribution in [2.45, 2.75) is 69.2 Å². The zero-order chi connectivity index (χ0) is 17.7. The van der Waals surface area contributed by atoms with Crippen LogP contribution in [0.3, 0.4) is 0 Å². The molecule has 2 unspecified atom stereocenters. The third kappa shape index (κ3) is 5.27. The van der Waals surface area contributed by atoms with Gasteiger partial charge in [-0.15, -0.1) is 0 Å². The van der Waals surface area contributed by atoms with Crippen LogP contribution in [0.25, 0.3) is 0 Å². The fourth-order valence-electron chi connectivity index (χ4n) is 4.16.